The topological polar surface area (TPSA) is 88.5 Å². The van der Waals surface area contributed by atoms with Gasteiger partial charge in [-0.2, -0.15) is 50.6 Å². The molecule has 0 aliphatic carbocycles. The minimum Gasteiger partial charge on any atom is -0.336 e. The van der Waals surface area contributed by atoms with Crippen molar-refractivity contribution in [3.05, 3.63) is 52.4 Å². The number of aryl methyl sites for hydroxylation is 1. The molecule has 0 saturated heterocycles. The summed E-state index contributed by atoms with van der Waals surface area (Å²) in [6.45, 7) is 0. The molecule has 1 atom stereocenters. The van der Waals surface area contributed by atoms with E-state index < -0.39 is 47.3 Å². The highest BCUT2D eigenvalue weighted by Gasteiger charge is 2.64. The van der Waals surface area contributed by atoms with E-state index in [1.54, 1.807) is 0 Å². The molecule has 7 nitrogen and oxygen atoms in total. The summed E-state index contributed by atoms with van der Waals surface area (Å²) in [7, 11) is 0.749. The molecule has 0 saturated carbocycles. The van der Waals surface area contributed by atoms with Crippen LogP contribution in [0.4, 0.5) is 35.1 Å². The average Bonchev–Trinajstić information content (AvgIpc) is 3.42. The van der Waals surface area contributed by atoms with Crippen LogP contribution in [-0.2, 0) is 19.1 Å². The van der Waals surface area contributed by atoms with E-state index >= 15 is 0 Å². The number of carbonyl (C=O) groups is 1. The Labute approximate surface area is 218 Å². The van der Waals surface area contributed by atoms with Gasteiger partial charge in [0.25, 0.3) is 5.91 Å². The Kier molecular flexibility index (Phi) is 7.99. The molecule has 0 bridgehead atoms. The van der Waals surface area contributed by atoms with Crippen molar-refractivity contribution >= 4 is 29.1 Å². The van der Waals surface area contributed by atoms with Gasteiger partial charge in [0.15, 0.2) is 11.5 Å². The SMILES string of the molecule is Cn1nc(C(F)(F)C(F)(F)F)c(C(F)(F)F)c1-n1cc(-c2ccc(Cl)c(C(=O)NC(C#N)CCCl)c2)cn1. The summed E-state index contributed by atoms with van der Waals surface area (Å²) in [5.41, 5.74) is -4.74. The summed E-state index contributed by atoms with van der Waals surface area (Å²) in [6.07, 6.45) is -9.97. The number of nitrogens with one attached hydrogen (secondary N) is 1. The second-order valence-corrected chi connectivity index (χ2v) is 8.53. The monoisotopic (exact) mass is 588 g/mol. The van der Waals surface area contributed by atoms with Gasteiger partial charge in [-0.25, -0.2) is 9.36 Å². The zero-order valence-corrected chi connectivity index (χ0v) is 20.3. The molecular weight excluding hydrogens is 575 g/mol. The van der Waals surface area contributed by atoms with E-state index in [1.807, 2.05) is 6.07 Å². The summed E-state index contributed by atoms with van der Waals surface area (Å²) in [4.78, 5) is 12.6. The molecule has 38 heavy (non-hydrogen) atoms. The minimum absolute atomic E-state index is 0.0359. The number of benzene rings is 1. The molecule has 0 aliphatic heterocycles. The zero-order valence-electron chi connectivity index (χ0n) is 18.8. The molecule has 0 spiro atoms. The number of carbonyl (C=O) groups excluding carboxylic acids is 1. The predicted molar refractivity (Wildman–Crippen MR) is 118 cm³/mol. The normalized spacial score (nSPS) is 13.3. The lowest BCUT2D eigenvalue weighted by molar-refractivity contribution is -0.292. The van der Waals surface area contributed by atoms with Crippen molar-refractivity contribution in [2.75, 3.05) is 5.88 Å². The molecule has 1 N–H and O–H groups in total. The van der Waals surface area contributed by atoms with Gasteiger partial charge in [-0.15, -0.1) is 11.6 Å². The molecular formula is C21H14Cl2F8N6O. The van der Waals surface area contributed by atoms with Gasteiger partial charge in [0.1, 0.15) is 11.6 Å². The Morgan fingerprint density at radius 3 is 2.37 bits per heavy atom. The second kappa shape index (κ2) is 10.4. The van der Waals surface area contributed by atoms with E-state index in [-0.39, 0.29) is 38.7 Å². The molecule has 0 aliphatic rings. The van der Waals surface area contributed by atoms with Gasteiger partial charge in [0.2, 0.25) is 0 Å². The maximum atomic E-state index is 13.9. The summed E-state index contributed by atoms with van der Waals surface area (Å²) in [5.74, 6) is -7.79. The van der Waals surface area contributed by atoms with Gasteiger partial charge in [0.05, 0.1) is 22.9 Å². The lowest BCUT2D eigenvalue weighted by atomic mass is 10.1. The fourth-order valence-electron chi connectivity index (χ4n) is 3.37. The van der Waals surface area contributed by atoms with Crippen molar-refractivity contribution in [1.82, 2.24) is 24.9 Å². The molecule has 0 fully saturated rings. The van der Waals surface area contributed by atoms with E-state index in [0.717, 1.165) is 19.4 Å². The Balaban J connectivity index is 2.08. The number of halogens is 10. The van der Waals surface area contributed by atoms with Crippen LogP contribution < -0.4 is 5.32 Å². The third-order valence-corrected chi connectivity index (χ3v) is 5.70. The third-order valence-electron chi connectivity index (χ3n) is 5.16. The van der Waals surface area contributed by atoms with Gasteiger partial charge >= 0.3 is 18.3 Å². The molecule has 2 aromatic heterocycles. The van der Waals surface area contributed by atoms with E-state index in [4.69, 9.17) is 28.5 Å². The predicted octanol–water partition coefficient (Wildman–Crippen LogP) is 5.85. The van der Waals surface area contributed by atoms with Crippen molar-refractivity contribution in [1.29, 1.82) is 5.26 Å². The van der Waals surface area contributed by atoms with Crippen molar-refractivity contribution in [2.24, 2.45) is 7.05 Å². The van der Waals surface area contributed by atoms with Crippen LogP contribution in [0.2, 0.25) is 5.02 Å². The first-order chi connectivity index (χ1) is 17.5. The van der Waals surface area contributed by atoms with Crippen LogP contribution in [0.5, 0.6) is 0 Å². The van der Waals surface area contributed by atoms with Crippen LogP contribution in [-0.4, -0.2) is 43.6 Å². The Hall–Kier alpha value is -3.38. The standard InChI is InChI=1S/C21H14Cl2F8N6O/c1-36-18(15(20(26,27)28)16(35-36)19(24,25)21(29,30)31)37-9-11(8-33-37)10-2-3-14(23)13(6-10)17(38)34-12(7-32)4-5-22/h2-3,6,8-9,12H,4-5H2,1H3,(H,34,38). The number of nitriles is 1. The van der Waals surface area contributed by atoms with Crippen LogP contribution in [0.15, 0.2) is 30.6 Å². The van der Waals surface area contributed by atoms with Gasteiger partial charge in [-0.05, 0) is 24.1 Å². The van der Waals surface area contributed by atoms with Crippen molar-refractivity contribution in [3.63, 3.8) is 0 Å². The fraction of sp³-hybridized carbons (Fsp3) is 0.333. The lowest BCUT2D eigenvalue weighted by Gasteiger charge is -2.19. The zero-order chi connectivity index (χ0) is 28.6. The maximum absolute atomic E-state index is 13.9. The number of rotatable bonds is 7. The van der Waals surface area contributed by atoms with Crippen molar-refractivity contribution < 1.29 is 39.9 Å². The Morgan fingerprint density at radius 1 is 1.16 bits per heavy atom. The average molecular weight is 589 g/mol. The van der Waals surface area contributed by atoms with Crippen LogP contribution >= 0.6 is 23.2 Å². The van der Waals surface area contributed by atoms with Gasteiger partial charge in [0, 0.05) is 24.7 Å². The first-order valence-electron chi connectivity index (χ1n) is 10.2. The molecule has 1 aromatic carbocycles. The van der Waals surface area contributed by atoms with Crippen LogP contribution in [0.25, 0.3) is 16.9 Å². The van der Waals surface area contributed by atoms with Crippen LogP contribution in [0.3, 0.4) is 0 Å². The maximum Gasteiger partial charge on any atom is 0.459 e. The Morgan fingerprint density at radius 2 is 1.82 bits per heavy atom. The molecule has 1 unspecified atom stereocenters. The van der Waals surface area contributed by atoms with Crippen molar-refractivity contribution in [3.8, 4) is 23.0 Å². The molecule has 0 radical (unpaired) electrons. The highest BCUT2D eigenvalue weighted by Crippen LogP contribution is 2.49. The van der Waals surface area contributed by atoms with Crippen LogP contribution in [0, 0.1) is 11.3 Å². The summed E-state index contributed by atoms with van der Waals surface area (Å²) in [5, 5.41) is 18.0. The molecule has 1 amide bonds. The number of nitrogens with zero attached hydrogens (tertiary/aromatic N) is 5. The number of hydrogen-bond acceptors (Lipinski definition) is 4. The highest BCUT2D eigenvalue weighted by atomic mass is 35.5. The van der Waals surface area contributed by atoms with E-state index in [1.165, 1.54) is 18.2 Å². The van der Waals surface area contributed by atoms with Gasteiger partial charge < -0.3 is 5.32 Å². The number of hydrogen-bond donors (Lipinski definition) is 1. The van der Waals surface area contributed by atoms with Crippen molar-refractivity contribution in [2.45, 2.75) is 30.7 Å². The lowest BCUT2D eigenvalue weighted by Crippen LogP contribution is -2.36. The van der Waals surface area contributed by atoms with Gasteiger partial charge in [-0.3, -0.25) is 4.79 Å². The number of amides is 1. The Bertz CT molecular complexity index is 1390. The second-order valence-electron chi connectivity index (χ2n) is 7.74. The molecule has 3 rings (SSSR count). The fourth-order valence-corrected chi connectivity index (χ4v) is 3.80. The van der Waals surface area contributed by atoms with E-state index in [0.29, 0.717) is 4.68 Å². The number of alkyl halides is 9. The largest absolute Gasteiger partial charge is 0.459 e. The third kappa shape index (κ3) is 5.56. The molecule has 2 heterocycles. The van der Waals surface area contributed by atoms with E-state index in [2.05, 4.69) is 15.5 Å². The summed E-state index contributed by atoms with van der Waals surface area (Å²) < 4.78 is 108. The van der Waals surface area contributed by atoms with Gasteiger partial charge in [-0.1, -0.05) is 17.7 Å². The molecule has 17 heteroatoms. The van der Waals surface area contributed by atoms with Crippen LogP contribution in [0.1, 0.15) is 28.0 Å². The summed E-state index contributed by atoms with van der Waals surface area (Å²) >= 11 is 11.6. The first-order valence-corrected chi connectivity index (χ1v) is 11.1. The van der Waals surface area contributed by atoms with E-state index in [9.17, 15) is 39.9 Å². The molecule has 3 aromatic rings. The smallest absolute Gasteiger partial charge is 0.336 e. The quantitative estimate of drug-likeness (QED) is 0.277. The number of aromatic nitrogens is 4. The minimum atomic E-state index is -6.34. The molecule has 204 valence electrons. The summed E-state index contributed by atoms with van der Waals surface area (Å²) in [6, 6.07) is 4.77. The first kappa shape index (κ1) is 29.2. The highest BCUT2D eigenvalue weighted by molar-refractivity contribution is 6.34.